The zero-order valence-electron chi connectivity index (χ0n) is 18.6. The van der Waals surface area contributed by atoms with Gasteiger partial charge in [-0.25, -0.2) is 4.39 Å². The fourth-order valence-electron chi connectivity index (χ4n) is 5.56. The van der Waals surface area contributed by atoms with E-state index >= 15 is 0 Å². The molecule has 2 aliphatic heterocycles. The van der Waals surface area contributed by atoms with Gasteiger partial charge in [-0.3, -0.25) is 9.69 Å². The molecule has 1 unspecified atom stereocenters. The van der Waals surface area contributed by atoms with Gasteiger partial charge in [-0.05, 0) is 49.9 Å². The van der Waals surface area contributed by atoms with Crippen LogP contribution in [-0.4, -0.2) is 80.0 Å². The largest absolute Gasteiger partial charge is 0.484 e. The second-order valence-corrected chi connectivity index (χ2v) is 9.02. The zero-order chi connectivity index (χ0) is 21.7. The highest BCUT2D eigenvalue weighted by Gasteiger charge is 2.56. The Morgan fingerprint density at radius 2 is 1.81 bits per heavy atom. The predicted octanol–water partition coefficient (Wildman–Crippen LogP) is 3.25. The van der Waals surface area contributed by atoms with Gasteiger partial charge in [-0.15, -0.1) is 0 Å². The van der Waals surface area contributed by atoms with Crippen LogP contribution in [0.1, 0.15) is 44.9 Å². The highest BCUT2D eigenvalue weighted by Crippen LogP contribution is 2.47. The molecule has 7 heteroatoms. The van der Waals surface area contributed by atoms with Crippen molar-refractivity contribution in [3.63, 3.8) is 0 Å². The SMILES string of the molecule is COCCOC1CN(C2CCN(C(=O)COc3ccc(F)cc3)CC2)C12CCCCC2. The first kappa shape index (κ1) is 22.5. The van der Waals surface area contributed by atoms with Gasteiger partial charge in [-0.1, -0.05) is 19.3 Å². The maximum atomic E-state index is 13.0. The first-order valence-electron chi connectivity index (χ1n) is 11.7. The van der Waals surface area contributed by atoms with E-state index in [0.29, 0.717) is 31.1 Å². The lowest BCUT2D eigenvalue weighted by molar-refractivity contribution is -0.204. The average molecular weight is 435 g/mol. The minimum Gasteiger partial charge on any atom is -0.484 e. The number of hydrogen-bond donors (Lipinski definition) is 0. The molecule has 1 aromatic carbocycles. The lowest BCUT2D eigenvalue weighted by Crippen LogP contribution is -2.75. The van der Waals surface area contributed by atoms with Crippen LogP contribution < -0.4 is 4.74 Å². The summed E-state index contributed by atoms with van der Waals surface area (Å²) in [5, 5.41) is 0. The van der Waals surface area contributed by atoms with Crippen LogP contribution >= 0.6 is 0 Å². The standard InChI is InChI=1S/C24H35FN2O4/c1-29-15-16-30-22-17-27(24(22)11-3-2-4-12-24)20-9-13-26(14-10-20)23(28)18-31-21-7-5-19(25)6-8-21/h5-8,20,22H,2-4,9-18H2,1H3. The molecule has 31 heavy (non-hydrogen) atoms. The maximum Gasteiger partial charge on any atom is 0.260 e. The molecule has 1 aliphatic carbocycles. The minimum absolute atomic E-state index is 0.000426. The number of carbonyl (C=O) groups excluding carboxylic acids is 1. The number of piperidine rings is 1. The van der Waals surface area contributed by atoms with Crippen molar-refractivity contribution in [1.82, 2.24) is 9.80 Å². The van der Waals surface area contributed by atoms with Gasteiger partial charge in [0.25, 0.3) is 5.91 Å². The van der Waals surface area contributed by atoms with Crippen LogP contribution in [0.2, 0.25) is 0 Å². The van der Waals surface area contributed by atoms with E-state index in [4.69, 9.17) is 14.2 Å². The number of ether oxygens (including phenoxy) is 3. The Bertz CT molecular complexity index is 715. The van der Waals surface area contributed by atoms with Gasteiger partial charge in [0.05, 0.1) is 19.3 Å². The molecule has 1 aromatic rings. The topological polar surface area (TPSA) is 51.2 Å². The smallest absolute Gasteiger partial charge is 0.260 e. The number of hydrogen-bond acceptors (Lipinski definition) is 5. The summed E-state index contributed by atoms with van der Waals surface area (Å²) in [5.41, 5.74) is 0.189. The molecule has 1 amide bonds. The lowest BCUT2D eigenvalue weighted by atomic mass is 9.69. The Morgan fingerprint density at radius 1 is 1.10 bits per heavy atom. The molecule has 2 heterocycles. The molecule has 0 bridgehead atoms. The lowest BCUT2D eigenvalue weighted by Gasteiger charge is -2.63. The summed E-state index contributed by atoms with van der Waals surface area (Å²) in [6.07, 6.45) is 8.61. The first-order chi connectivity index (χ1) is 15.1. The molecule has 172 valence electrons. The van der Waals surface area contributed by atoms with E-state index in [0.717, 1.165) is 32.5 Å². The second-order valence-electron chi connectivity index (χ2n) is 9.02. The van der Waals surface area contributed by atoms with Crippen LogP contribution in [0.4, 0.5) is 4.39 Å². The number of amides is 1. The summed E-state index contributed by atoms with van der Waals surface area (Å²) in [6.45, 7) is 3.83. The van der Waals surface area contributed by atoms with Crippen LogP contribution in [0.3, 0.4) is 0 Å². The van der Waals surface area contributed by atoms with E-state index in [1.165, 1.54) is 44.2 Å². The number of rotatable bonds is 8. The summed E-state index contributed by atoms with van der Waals surface area (Å²) in [4.78, 5) is 17.2. The number of nitrogens with zero attached hydrogens (tertiary/aromatic N) is 2. The molecule has 0 aromatic heterocycles. The van der Waals surface area contributed by atoms with Crippen molar-refractivity contribution in [3.05, 3.63) is 30.1 Å². The molecule has 0 radical (unpaired) electrons. The summed E-state index contributed by atoms with van der Waals surface area (Å²) < 4.78 is 29.9. The number of carbonyl (C=O) groups is 1. The van der Waals surface area contributed by atoms with Crippen LogP contribution in [-0.2, 0) is 14.3 Å². The van der Waals surface area contributed by atoms with Crippen LogP contribution in [0, 0.1) is 5.82 Å². The summed E-state index contributed by atoms with van der Waals surface area (Å²) in [6, 6.07) is 6.29. The number of halogens is 1. The number of likely N-dealkylation sites (tertiary alicyclic amines) is 2. The highest BCUT2D eigenvalue weighted by molar-refractivity contribution is 5.77. The van der Waals surface area contributed by atoms with Crippen LogP contribution in [0.25, 0.3) is 0 Å². The second kappa shape index (κ2) is 10.3. The Morgan fingerprint density at radius 3 is 2.48 bits per heavy atom. The molecular weight excluding hydrogens is 399 g/mol. The van der Waals surface area contributed by atoms with Crippen LogP contribution in [0.15, 0.2) is 24.3 Å². The van der Waals surface area contributed by atoms with Crippen molar-refractivity contribution in [2.45, 2.75) is 62.6 Å². The fourth-order valence-corrected chi connectivity index (χ4v) is 5.56. The predicted molar refractivity (Wildman–Crippen MR) is 116 cm³/mol. The zero-order valence-corrected chi connectivity index (χ0v) is 18.6. The fraction of sp³-hybridized carbons (Fsp3) is 0.708. The van der Waals surface area contributed by atoms with Gasteiger partial charge < -0.3 is 19.1 Å². The Kier molecular flexibility index (Phi) is 7.46. The Labute approximate surface area is 184 Å². The minimum atomic E-state index is -0.311. The average Bonchev–Trinajstić information content (AvgIpc) is 2.81. The van der Waals surface area contributed by atoms with Gasteiger partial charge in [0.15, 0.2) is 6.61 Å². The van der Waals surface area contributed by atoms with Gasteiger partial charge in [0, 0.05) is 38.3 Å². The molecule has 1 atom stereocenters. The Balaban J connectivity index is 1.26. The van der Waals surface area contributed by atoms with E-state index in [1.807, 2.05) is 4.90 Å². The third-order valence-corrected chi connectivity index (χ3v) is 7.29. The third kappa shape index (κ3) is 5.04. The Hall–Kier alpha value is -1.70. The van der Waals surface area contributed by atoms with Crippen molar-refractivity contribution in [2.24, 2.45) is 0 Å². The van der Waals surface area contributed by atoms with Gasteiger partial charge >= 0.3 is 0 Å². The molecular formula is C24H35FN2O4. The van der Waals surface area contributed by atoms with Crippen molar-refractivity contribution in [3.8, 4) is 5.75 Å². The monoisotopic (exact) mass is 434 g/mol. The number of benzene rings is 1. The molecule has 1 saturated carbocycles. The van der Waals surface area contributed by atoms with Crippen molar-refractivity contribution < 1.29 is 23.4 Å². The van der Waals surface area contributed by atoms with E-state index in [9.17, 15) is 9.18 Å². The highest BCUT2D eigenvalue weighted by atomic mass is 19.1. The van der Waals surface area contributed by atoms with Crippen LogP contribution in [0.5, 0.6) is 5.75 Å². The molecule has 3 aliphatic rings. The van der Waals surface area contributed by atoms with Crippen molar-refractivity contribution in [1.29, 1.82) is 0 Å². The van der Waals surface area contributed by atoms with E-state index < -0.39 is 0 Å². The summed E-state index contributed by atoms with van der Waals surface area (Å²) in [5.74, 6) is 0.206. The quantitative estimate of drug-likeness (QED) is 0.588. The van der Waals surface area contributed by atoms with Crippen molar-refractivity contribution >= 4 is 5.91 Å². The van der Waals surface area contributed by atoms with Gasteiger partial charge in [-0.2, -0.15) is 0 Å². The number of methoxy groups -OCH3 is 1. The van der Waals surface area contributed by atoms with E-state index in [-0.39, 0.29) is 23.9 Å². The van der Waals surface area contributed by atoms with Crippen molar-refractivity contribution in [2.75, 3.05) is 46.6 Å². The maximum absolute atomic E-state index is 13.0. The molecule has 2 saturated heterocycles. The van der Waals surface area contributed by atoms with Gasteiger partial charge in [0.2, 0.25) is 0 Å². The summed E-state index contributed by atoms with van der Waals surface area (Å²) >= 11 is 0. The first-order valence-corrected chi connectivity index (χ1v) is 11.7. The molecule has 4 rings (SSSR count). The third-order valence-electron chi connectivity index (χ3n) is 7.29. The summed E-state index contributed by atoms with van der Waals surface area (Å²) in [7, 11) is 1.71. The van der Waals surface area contributed by atoms with E-state index in [2.05, 4.69) is 4.90 Å². The van der Waals surface area contributed by atoms with E-state index in [1.54, 1.807) is 19.2 Å². The molecule has 6 nitrogen and oxygen atoms in total. The normalized spacial score (nSPS) is 24.2. The molecule has 3 fully saturated rings. The molecule has 0 N–H and O–H groups in total. The van der Waals surface area contributed by atoms with Gasteiger partial charge in [0.1, 0.15) is 11.6 Å². The molecule has 1 spiro atoms.